The van der Waals surface area contributed by atoms with E-state index in [0.717, 1.165) is 13.1 Å². The molecule has 0 radical (unpaired) electrons. The van der Waals surface area contributed by atoms with Crippen molar-refractivity contribution < 1.29 is 17.9 Å². The third-order valence-corrected chi connectivity index (χ3v) is 4.52. The molecule has 112 valence electrons. The Kier molecular flexibility index (Phi) is 5.51. The molecule has 0 saturated carbocycles. The van der Waals surface area contributed by atoms with Crippen molar-refractivity contribution in [3.63, 3.8) is 0 Å². The van der Waals surface area contributed by atoms with E-state index in [1.54, 1.807) is 6.07 Å². The summed E-state index contributed by atoms with van der Waals surface area (Å²) in [5.74, 6) is 0.220. The first-order chi connectivity index (χ1) is 9.47. The molecule has 1 fully saturated rings. The largest absolute Gasteiger partial charge is 0.491 e. The first kappa shape index (κ1) is 15.9. The lowest BCUT2D eigenvalue weighted by Gasteiger charge is -2.26. The Morgan fingerprint density at radius 3 is 2.65 bits per heavy atom. The van der Waals surface area contributed by atoms with Gasteiger partial charge in [0.1, 0.15) is 17.3 Å². The number of nitrogens with zero attached hydrogens (tertiary/aromatic N) is 1. The molecule has 1 aliphatic heterocycles. The molecule has 0 N–H and O–H groups in total. The van der Waals surface area contributed by atoms with Crippen molar-refractivity contribution in [2.75, 3.05) is 39.5 Å². The number of hydrogen-bond acceptors (Lipinski definition) is 5. The van der Waals surface area contributed by atoms with Gasteiger partial charge < -0.3 is 9.47 Å². The van der Waals surface area contributed by atoms with Crippen LogP contribution in [0.1, 0.15) is 0 Å². The third kappa shape index (κ3) is 4.49. The zero-order valence-electron chi connectivity index (χ0n) is 10.7. The van der Waals surface area contributed by atoms with Crippen LogP contribution >= 0.6 is 22.3 Å². The molecule has 1 aliphatic rings. The highest BCUT2D eigenvalue weighted by molar-refractivity contribution is 8.13. The number of benzene rings is 1. The van der Waals surface area contributed by atoms with Gasteiger partial charge in [-0.25, -0.2) is 8.42 Å². The minimum Gasteiger partial charge on any atom is -0.491 e. The maximum absolute atomic E-state index is 11.5. The van der Waals surface area contributed by atoms with Crippen molar-refractivity contribution in [2.24, 2.45) is 0 Å². The molecule has 0 aliphatic carbocycles. The molecule has 1 heterocycles. The van der Waals surface area contributed by atoms with Gasteiger partial charge in [0.25, 0.3) is 9.05 Å². The Labute approximate surface area is 127 Å². The van der Waals surface area contributed by atoms with Gasteiger partial charge >= 0.3 is 0 Å². The fourth-order valence-electron chi connectivity index (χ4n) is 1.90. The van der Waals surface area contributed by atoms with Gasteiger partial charge in [-0.2, -0.15) is 0 Å². The van der Waals surface area contributed by atoms with E-state index in [2.05, 4.69) is 4.90 Å². The van der Waals surface area contributed by atoms with E-state index >= 15 is 0 Å². The fraction of sp³-hybridized carbons (Fsp3) is 0.500. The normalized spacial score (nSPS) is 17.1. The van der Waals surface area contributed by atoms with E-state index in [4.69, 9.17) is 31.8 Å². The quantitative estimate of drug-likeness (QED) is 0.767. The van der Waals surface area contributed by atoms with Crippen LogP contribution in [0.15, 0.2) is 23.1 Å². The molecule has 0 spiro atoms. The zero-order valence-corrected chi connectivity index (χ0v) is 13.0. The molecule has 5 nitrogen and oxygen atoms in total. The average molecular weight is 340 g/mol. The van der Waals surface area contributed by atoms with Gasteiger partial charge in [0, 0.05) is 35.3 Å². The topological polar surface area (TPSA) is 55.8 Å². The van der Waals surface area contributed by atoms with Gasteiger partial charge in [0.05, 0.1) is 13.2 Å². The Morgan fingerprint density at radius 2 is 2.00 bits per heavy atom. The van der Waals surface area contributed by atoms with Crippen molar-refractivity contribution in [1.29, 1.82) is 0 Å². The van der Waals surface area contributed by atoms with Gasteiger partial charge in [0.2, 0.25) is 0 Å². The van der Waals surface area contributed by atoms with E-state index in [1.807, 2.05) is 0 Å². The lowest BCUT2D eigenvalue weighted by atomic mass is 10.3. The first-order valence-corrected chi connectivity index (χ1v) is 8.82. The zero-order chi connectivity index (χ0) is 14.6. The molecule has 0 atom stereocenters. The Balaban J connectivity index is 1.98. The van der Waals surface area contributed by atoms with Crippen LogP contribution in [0, 0.1) is 0 Å². The molecule has 2 rings (SSSR count). The average Bonchev–Trinajstić information content (AvgIpc) is 2.40. The van der Waals surface area contributed by atoms with Gasteiger partial charge in [-0.05, 0) is 18.2 Å². The van der Waals surface area contributed by atoms with Crippen molar-refractivity contribution in [2.45, 2.75) is 4.90 Å². The molecule has 1 aromatic carbocycles. The standard InChI is InChI=1S/C12H15Cl2NO4S/c13-10-1-2-11(12(9-10)20(14,16)17)19-8-5-15-3-6-18-7-4-15/h1-2,9H,3-8H2. The summed E-state index contributed by atoms with van der Waals surface area (Å²) in [6.07, 6.45) is 0. The lowest BCUT2D eigenvalue weighted by molar-refractivity contribution is 0.0321. The number of morpholine rings is 1. The van der Waals surface area contributed by atoms with Crippen molar-refractivity contribution in [1.82, 2.24) is 4.90 Å². The third-order valence-electron chi connectivity index (χ3n) is 2.94. The summed E-state index contributed by atoms with van der Waals surface area (Å²) in [7, 11) is 1.49. The number of halogens is 2. The monoisotopic (exact) mass is 339 g/mol. The van der Waals surface area contributed by atoms with E-state index in [1.165, 1.54) is 12.1 Å². The first-order valence-electron chi connectivity index (χ1n) is 6.14. The summed E-state index contributed by atoms with van der Waals surface area (Å²) in [5.41, 5.74) is 0. The summed E-state index contributed by atoms with van der Waals surface area (Å²) >= 11 is 5.78. The summed E-state index contributed by atoms with van der Waals surface area (Å²) in [4.78, 5) is 2.09. The Bertz CT molecular complexity index is 559. The predicted molar refractivity (Wildman–Crippen MR) is 77.2 cm³/mol. The second kappa shape index (κ2) is 6.95. The van der Waals surface area contributed by atoms with Crippen molar-refractivity contribution >= 4 is 31.3 Å². The number of hydrogen-bond donors (Lipinski definition) is 0. The van der Waals surface area contributed by atoms with Gasteiger partial charge in [-0.1, -0.05) is 11.6 Å². The Morgan fingerprint density at radius 1 is 1.30 bits per heavy atom. The van der Waals surface area contributed by atoms with Crippen LogP contribution < -0.4 is 4.74 Å². The second-order valence-electron chi connectivity index (χ2n) is 4.33. The van der Waals surface area contributed by atoms with Crippen LogP contribution in [0.2, 0.25) is 5.02 Å². The predicted octanol–water partition coefficient (Wildman–Crippen LogP) is 1.98. The van der Waals surface area contributed by atoms with Crippen LogP contribution in [-0.4, -0.2) is 52.8 Å². The summed E-state index contributed by atoms with van der Waals surface area (Å²) < 4.78 is 33.7. The summed E-state index contributed by atoms with van der Waals surface area (Å²) in [6.45, 7) is 4.20. The minimum atomic E-state index is -3.88. The molecule has 20 heavy (non-hydrogen) atoms. The van der Waals surface area contributed by atoms with Gasteiger partial charge in [-0.3, -0.25) is 4.90 Å². The van der Waals surface area contributed by atoms with E-state index in [-0.39, 0.29) is 10.6 Å². The molecular weight excluding hydrogens is 325 g/mol. The number of ether oxygens (including phenoxy) is 2. The Hall–Kier alpha value is -0.530. The van der Waals surface area contributed by atoms with Crippen molar-refractivity contribution in [3.05, 3.63) is 23.2 Å². The number of rotatable bonds is 5. The van der Waals surface area contributed by atoms with Crippen LogP contribution in [-0.2, 0) is 13.8 Å². The molecule has 0 bridgehead atoms. The van der Waals surface area contributed by atoms with Crippen molar-refractivity contribution in [3.8, 4) is 5.75 Å². The maximum Gasteiger partial charge on any atom is 0.265 e. The molecular formula is C12H15Cl2NO4S. The summed E-state index contributed by atoms with van der Waals surface area (Å²) in [6, 6.07) is 4.36. The van der Waals surface area contributed by atoms with Crippen LogP contribution in [0.5, 0.6) is 5.75 Å². The molecule has 1 saturated heterocycles. The highest BCUT2D eigenvalue weighted by Gasteiger charge is 2.18. The second-order valence-corrected chi connectivity index (χ2v) is 7.30. The molecule has 0 unspecified atom stereocenters. The lowest BCUT2D eigenvalue weighted by Crippen LogP contribution is -2.38. The minimum absolute atomic E-state index is 0.103. The van der Waals surface area contributed by atoms with Crippen LogP contribution in [0.3, 0.4) is 0 Å². The maximum atomic E-state index is 11.5. The highest BCUT2D eigenvalue weighted by Crippen LogP contribution is 2.29. The van der Waals surface area contributed by atoms with Crippen LogP contribution in [0.4, 0.5) is 0 Å². The summed E-state index contributed by atoms with van der Waals surface area (Å²) in [5, 5.41) is 0.296. The fourth-order valence-corrected chi connectivity index (χ4v) is 3.13. The van der Waals surface area contributed by atoms with Gasteiger partial charge in [-0.15, -0.1) is 0 Å². The van der Waals surface area contributed by atoms with E-state index in [9.17, 15) is 8.42 Å². The molecule has 8 heteroatoms. The molecule has 0 amide bonds. The van der Waals surface area contributed by atoms with Gasteiger partial charge in [0.15, 0.2) is 0 Å². The highest BCUT2D eigenvalue weighted by atomic mass is 35.7. The van der Waals surface area contributed by atoms with E-state index in [0.29, 0.717) is 31.4 Å². The SMILES string of the molecule is O=S(=O)(Cl)c1cc(Cl)ccc1OCCN1CCOCC1. The smallest absolute Gasteiger partial charge is 0.265 e. The van der Waals surface area contributed by atoms with E-state index < -0.39 is 9.05 Å². The molecule has 1 aromatic rings. The van der Waals surface area contributed by atoms with Crippen LogP contribution in [0.25, 0.3) is 0 Å². The molecule has 0 aromatic heterocycles.